The summed E-state index contributed by atoms with van der Waals surface area (Å²) in [4.78, 5) is 27.3. The number of ether oxygens (including phenoxy) is 6. The number of hydrogen-bond acceptors (Lipinski definition) is 9. The highest BCUT2D eigenvalue weighted by atomic mass is 35.5. The van der Waals surface area contributed by atoms with Crippen molar-refractivity contribution in [3.63, 3.8) is 0 Å². The maximum Gasteiger partial charge on any atom is 0.310 e. The summed E-state index contributed by atoms with van der Waals surface area (Å²) in [5.74, 6) is 0.795. The summed E-state index contributed by atoms with van der Waals surface area (Å²) in [5, 5.41) is 4.06. The van der Waals surface area contributed by atoms with Crippen LogP contribution in [0.1, 0.15) is 44.6 Å². The molecule has 3 aliphatic rings. The molecule has 4 aromatic rings. The molecule has 0 radical (unpaired) electrons. The van der Waals surface area contributed by atoms with E-state index < -0.39 is 17.9 Å². The van der Waals surface area contributed by atoms with Gasteiger partial charge in [-0.1, -0.05) is 41.9 Å². The number of methoxy groups -OCH3 is 3. The monoisotopic (exact) mass is 627 g/mol. The van der Waals surface area contributed by atoms with Gasteiger partial charge in [0.2, 0.25) is 12.5 Å². The summed E-state index contributed by atoms with van der Waals surface area (Å²) >= 11 is 6.40. The molecule has 1 saturated heterocycles. The largest absolute Gasteiger partial charge is 0.493 e. The van der Waals surface area contributed by atoms with E-state index in [0.717, 1.165) is 16.7 Å². The second-order valence-corrected chi connectivity index (χ2v) is 11.5. The van der Waals surface area contributed by atoms with E-state index in [9.17, 15) is 9.59 Å². The van der Waals surface area contributed by atoms with Crippen molar-refractivity contribution in [1.29, 1.82) is 0 Å². The molecule has 2 heterocycles. The predicted molar refractivity (Wildman–Crippen MR) is 166 cm³/mol. The summed E-state index contributed by atoms with van der Waals surface area (Å²) in [6, 6.07) is 21.4. The number of halogens is 1. The van der Waals surface area contributed by atoms with Crippen LogP contribution in [0.3, 0.4) is 0 Å². The number of esters is 1. The Morgan fingerprint density at radius 2 is 1.53 bits per heavy atom. The van der Waals surface area contributed by atoms with Crippen molar-refractivity contribution in [3.8, 4) is 28.7 Å². The second kappa shape index (κ2) is 11.6. The second-order valence-electron chi connectivity index (χ2n) is 11.1. The van der Waals surface area contributed by atoms with E-state index in [4.69, 9.17) is 40.0 Å². The third-order valence-electron chi connectivity index (χ3n) is 8.81. The van der Waals surface area contributed by atoms with Gasteiger partial charge in [-0.3, -0.25) is 9.59 Å². The van der Waals surface area contributed by atoms with Crippen molar-refractivity contribution in [1.82, 2.24) is 0 Å². The lowest BCUT2D eigenvalue weighted by Gasteiger charge is -2.40. The van der Waals surface area contributed by atoms with E-state index >= 15 is 0 Å². The first kappa shape index (κ1) is 28.9. The molecule has 4 aromatic carbocycles. The smallest absolute Gasteiger partial charge is 0.310 e. The molecule has 7 rings (SSSR count). The molecule has 10 heteroatoms. The molecule has 1 fully saturated rings. The van der Waals surface area contributed by atoms with Gasteiger partial charge in [0.15, 0.2) is 28.8 Å². The number of ketones is 1. The average molecular weight is 628 g/mol. The Morgan fingerprint density at radius 1 is 0.844 bits per heavy atom. The standard InChI is InChI=1S/C35H30ClNO8/c1-40-28-11-19(12-29(41-2)34(28)42-3)30-21-14-26-27(45-17-44-26)15-22(21)32(24-16-43-35(39)31(24)30)37-25-10-9-20(36)13-23(25)33(38)18-7-5-4-6-8-18/h4-15,24,30-32,37H,16-17H2,1-3H3/t24-,30+,31-,32+/m0/s1. The van der Waals surface area contributed by atoms with Gasteiger partial charge in [-0.15, -0.1) is 0 Å². The van der Waals surface area contributed by atoms with E-state index in [0.29, 0.717) is 50.6 Å². The Bertz CT molecular complexity index is 1780. The molecule has 1 N–H and O–H groups in total. The zero-order valence-corrected chi connectivity index (χ0v) is 25.6. The Labute approximate surface area is 264 Å². The highest BCUT2D eigenvalue weighted by Gasteiger charge is 2.53. The number of hydrogen-bond donors (Lipinski definition) is 1. The number of carbonyl (C=O) groups is 2. The van der Waals surface area contributed by atoms with Gasteiger partial charge in [-0.25, -0.2) is 0 Å². The zero-order chi connectivity index (χ0) is 31.2. The molecule has 0 spiro atoms. The molecule has 4 atom stereocenters. The highest BCUT2D eigenvalue weighted by molar-refractivity contribution is 6.31. The van der Waals surface area contributed by atoms with Crippen LogP contribution >= 0.6 is 11.6 Å². The van der Waals surface area contributed by atoms with Crippen molar-refractivity contribution < 1.29 is 38.0 Å². The first-order chi connectivity index (χ1) is 21.9. The van der Waals surface area contributed by atoms with Crippen molar-refractivity contribution in [2.45, 2.75) is 12.0 Å². The van der Waals surface area contributed by atoms with Crippen molar-refractivity contribution in [3.05, 3.63) is 106 Å². The fourth-order valence-electron chi connectivity index (χ4n) is 6.77. The van der Waals surface area contributed by atoms with Crippen molar-refractivity contribution >= 4 is 29.0 Å². The quantitative estimate of drug-likeness (QED) is 0.175. The SMILES string of the molecule is COc1cc([C@@H]2c3cc4c(cc3[C@@H](Nc3ccc(Cl)cc3C(=O)c3ccccc3)[C@H]3COC(=O)[C@H]23)OCO4)cc(OC)c1OC. The Morgan fingerprint density at radius 3 is 2.20 bits per heavy atom. The van der Waals surface area contributed by atoms with Gasteiger partial charge in [0.25, 0.3) is 0 Å². The average Bonchev–Trinajstić information content (AvgIpc) is 3.70. The molecule has 45 heavy (non-hydrogen) atoms. The van der Waals surface area contributed by atoms with Gasteiger partial charge >= 0.3 is 5.97 Å². The fraction of sp³-hybridized carbons (Fsp3) is 0.257. The van der Waals surface area contributed by atoms with Crippen LogP contribution < -0.4 is 29.0 Å². The van der Waals surface area contributed by atoms with Crippen LogP contribution in [-0.4, -0.2) is 46.5 Å². The summed E-state index contributed by atoms with van der Waals surface area (Å²) in [6.07, 6.45) is 0. The maximum atomic E-state index is 13.7. The van der Waals surface area contributed by atoms with Crippen LogP contribution in [0.15, 0.2) is 72.8 Å². The first-order valence-electron chi connectivity index (χ1n) is 14.5. The van der Waals surface area contributed by atoms with Crippen LogP contribution in [0.25, 0.3) is 0 Å². The van der Waals surface area contributed by atoms with Crippen molar-refractivity contribution in [2.24, 2.45) is 11.8 Å². The number of fused-ring (bicyclic) bond motifs is 3. The van der Waals surface area contributed by atoms with Crippen LogP contribution in [-0.2, 0) is 9.53 Å². The summed E-state index contributed by atoms with van der Waals surface area (Å²) < 4.78 is 34.3. The minimum absolute atomic E-state index is 0.0903. The molecule has 1 aliphatic carbocycles. The first-order valence-corrected chi connectivity index (χ1v) is 14.9. The molecular weight excluding hydrogens is 598 g/mol. The van der Waals surface area contributed by atoms with Gasteiger partial charge < -0.3 is 33.7 Å². The normalized spacial score (nSPS) is 20.9. The molecule has 0 amide bonds. The van der Waals surface area contributed by atoms with E-state index in [1.54, 1.807) is 51.7 Å². The van der Waals surface area contributed by atoms with Crippen molar-refractivity contribution in [2.75, 3.05) is 40.0 Å². The van der Waals surface area contributed by atoms with Gasteiger partial charge in [-0.2, -0.15) is 0 Å². The van der Waals surface area contributed by atoms with Crippen LogP contribution in [0.2, 0.25) is 5.02 Å². The number of carbonyl (C=O) groups excluding carboxylic acids is 2. The van der Waals surface area contributed by atoms with E-state index in [-0.39, 0.29) is 31.1 Å². The molecule has 230 valence electrons. The van der Waals surface area contributed by atoms with Crippen LogP contribution in [0.5, 0.6) is 28.7 Å². The maximum absolute atomic E-state index is 13.7. The van der Waals surface area contributed by atoms with E-state index in [1.165, 1.54) is 0 Å². The van der Waals surface area contributed by atoms with Crippen LogP contribution in [0, 0.1) is 11.8 Å². The molecule has 9 nitrogen and oxygen atoms in total. The molecule has 0 saturated carbocycles. The topological polar surface area (TPSA) is 102 Å². The third kappa shape index (κ3) is 4.88. The van der Waals surface area contributed by atoms with Gasteiger partial charge in [-0.05, 0) is 59.2 Å². The lowest BCUT2D eigenvalue weighted by molar-refractivity contribution is -0.141. The lowest BCUT2D eigenvalue weighted by atomic mass is 9.65. The number of anilines is 1. The summed E-state index contributed by atoms with van der Waals surface area (Å²) in [6.45, 7) is 0.276. The highest BCUT2D eigenvalue weighted by Crippen LogP contribution is 2.56. The Balaban J connectivity index is 1.39. The Kier molecular flexibility index (Phi) is 7.41. The molecule has 0 aromatic heterocycles. The third-order valence-corrected chi connectivity index (χ3v) is 9.04. The Hall–Kier alpha value is -4.89. The lowest BCUT2D eigenvalue weighted by Crippen LogP contribution is -2.38. The zero-order valence-electron chi connectivity index (χ0n) is 24.8. The van der Waals surface area contributed by atoms with Gasteiger partial charge in [0, 0.05) is 33.7 Å². The minimum Gasteiger partial charge on any atom is -0.493 e. The predicted octanol–water partition coefficient (Wildman–Crippen LogP) is 6.41. The summed E-state index contributed by atoms with van der Waals surface area (Å²) in [7, 11) is 4.66. The minimum atomic E-state index is -0.571. The number of cyclic esters (lactones) is 1. The van der Waals surface area contributed by atoms with Crippen LogP contribution in [0.4, 0.5) is 5.69 Å². The summed E-state index contributed by atoms with van der Waals surface area (Å²) in [5.41, 5.74) is 4.09. The number of nitrogens with one attached hydrogen (secondary N) is 1. The van der Waals surface area contributed by atoms with E-state index in [2.05, 4.69) is 5.32 Å². The fourth-order valence-corrected chi connectivity index (χ4v) is 6.94. The van der Waals surface area contributed by atoms with Gasteiger partial charge in [0.1, 0.15) is 0 Å². The number of benzene rings is 4. The molecule has 0 bridgehead atoms. The van der Waals surface area contributed by atoms with Gasteiger partial charge in [0.05, 0.1) is 39.9 Å². The molecule has 2 aliphatic heterocycles. The molecule has 0 unspecified atom stereocenters. The molecular formula is C35H30ClNO8. The number of rotatable bonds is 8. The van der Waals surface area contributed by atoms with E-state index in [1.807, 2.05) is 42.5 Å².